The van der Waals surface area contributed by atoms with Crippen LogP contribution in [0.5, 0.6) is 0 Å². The van der Waals surface area contributed by atoms with Gasteiger partial charge in [-0.25, -0.2) is 0 Å². The molecule has 0 aliphatic carbocycles. The highest BCUT2D eigenvalue weighted by Crippen LogP contribution is 2.21. The molecule has 1 rings (SSSR count). The summed E-state index contributed by atoms with van der Waals surface area (Å²) in [6, 6.07) is 3.69. The molecule has 1 heterocycles. The van der Waals surface area contributed by atoms with Gasteiger partial charge in [-0.05, 0) is 41.9 Å². The fourth-order valence-electron chi connectivity index (χ4n) is 0.871. The Labute approximate surface area is 96.2 Å². The van der Waals surface area contributed by atoms with Gasteiger partial charge in [0.2, 0.25) is 0 Å². The van der Waals surface area contributed by atoms with Gasteiger partial charge in [-0.2, -0.15) is 0 Å². The molecule has 0 bridgehead atoms. The average molecular weight is 274 g/mol. The van der Waals surface area contributed by atoms with Crippen molar-refractivity contribution < 1.29 is 4.79 Å². The van der Waals surface area contributed by atoms with Crippen LogP contribution in [-0.4, -0.2) is 12.5 Å². The summed E-state index contributed by atoms with van der Waals surface area (Å²) in [6.07, 6.45) is 1.99. The monoisotopic (exact) mass is 273 g/mol. The Kier molecular flexibility index (Phi) is 4.35. The number of carbonyl (C=O) groups is 1. The molecule has 2 nitrogen and oxygen atoms in total. The SMILES string of the molecule is CC(C)=CCNC(=O)c1ccc(Br)s1. The van der Waals surface area contributed by atoms with Crippen molar-refractivity contribution in [2.75, 3.05) is 6.54 Å². The molecular weight excluding hydrogens is 262 g/mol. The van der Waals surface area contributed by atoms with Gasteiger partial charge in [0.15, 0.2) is 0 Å². The largest absolute Gasteiger partial charge is 0.348 e. The number of thiophene rings is 1. The number of amides is 1. The zero-order valence-electron chi connectivity index (χ0n) is 8.13. The Morgan fingerprint density at radius 2 is 2.29 bits per heavy atom. The second-order valence-corrected chi connectivity index (χ2v) is 5.56. The average Bonchev–Trinajstić information content (AvgIpc) is 2.51. The number of nitrogens with one attached hydrogen (secondary N) is 1. The fraction of sp³-hybridized carbons (Fsp3) is 0.300. The third-order valence-electron chi connectivity index (χ3n) is 1.57. The third-order valence-corrected chi connectivity index (χ3v) is 3.19. The Bertz CT molecular complexity index is 353. The van der Waals surface area contributed by atoms with Crippen molar-refractivity contribution in [1.82, 2.24) is 5.32 Å². The number of allylic oxidation sites excluding steroid dienone is 1. The highest BCUT2D eigenvalue weighted by atomic mass is 79.9. The van der Waals surface area contributed by atoms with Crippen molar-refractivity contribution in [2.45, 2.75) is 13.8 Å². The van der Waals surface area contributed by atoms with Crippen LogP contribution in [-0.2, 0) is 0 Å². The molecule has 0 aliphatic heterocycles. The second kappa shape index (κ2) is 5.32. The summed E-state index contributed by atoms with van der Waals surface area (Å²) in [5, 5.41) is 2.82. The minimum atomic E-state index is -0.0156. The van der Waals surface area contributed by atoms with E-state index in [0.717, 1.165) is 8.66 Å². The van der Waals surface area contributed by atoms with Crippen molar-refractivity contribution in [2.24, 2.45) is 0 Å². The quantitative estimate of drug-likeness (QED) is 0.842. The maximum atomic E-state index is 11.5. The summed E-state index contributed by atoms with van der Waals surface area (Å²) < 4.78 is 0.977. The van der Waals surface area contributed by atoms with Crippen molar-refractivity contribution >= 4 is 33.2 Å². The fourth-order valence-corrected chi connectivity index (χ4v) is 2.17. The van der Waals surface area contributed by atoms with Crippen molar-refractivity contribution in [3.05, 3.63) is 32.4 Å². The van der Waals surface area contributed by atoms with Gasteiger partial charge in [0, 0.05) is 6.54 Å². The Balaban J connectivity index is 2.47. The first-order chi connectivity index (χ1) is 6.59. The van der Waals surface area contributed by atoms with Gasteiger partial charge in [0.1, 0.15) is 0 Å². The van der Waals surface area contributed by atoms with E-state index in [0.29, 0.717) is 6.54 Å². The first kappa shape index (κ1) is 11.5. The predicted octanol–water partition coefficient (Wildman–Crippen LogP) is 3.21. The van der Waals surface area contributed by atoms with E-state index in [4.69, 9.17) is 0 Å². The van der Waals surface area contributed by atoms with Gasteiger partial charge in [0.05, 0.1) is 8.66 Å². The molecule has 0 atom stereocenters. The van der Waals surface area contributed by atoms with Gasteiger partial charge in [-0.15, -0.1) is 11.3 Å². The molecule has 1 aromatic rings. The number of halogens is 1. The highest BCUT2D eigenvalue weighted by molar-refractivity contribution is 9.11. The summed E-state index contributed by atoms with van der Waals surface area (Å²) in [5.74, 6) is -0.0156. The number of hydrogen-bond donors (Lipinski definition) is 1. The van der Waals surface area contributed by atoms with Gasteiger partial charge >= 0.3 is 0 Å². The lowest BCUT2D eigenvalue weighted by molar-refractivity contribution is 0.0962. The van der Waals surface area contributed by atoms with Crippen LogP contribution >= 0.6 is 27.3 Å². The van der Waals surface area contributed by atoms with E-state index in [1.54, 1.807) is 0 Å². The van der Waals surface area contributed by atoms with E-state index in [1.807, 2.05) is 32.1 Å². The maximum Gasteiger partial charge on any atom is 0.261 e. The highest BCUT2D eigenvalue weighted by Gasteiger charge is 2.06. The number of hydrogen-bond acceptors (Lipinski definition) is 2. The summed E-state index contributed by atoms with van der Waals surface area (Å²) in [6.45, 7) is 4.61. The molecule has 0 spiro atoms. The maximum absolute atomic E-state index is 11.5. The lowest BCUT2D eigenvalue weighted by atomic mass is 10.3. The molecule has 76 valence electrons. The van der Waals surface area contributed by atoms with Crippen molar-refractivity contribution in [1.29, 1.82) is 0 Å². The smallest absolute Gasteiger partial charge is 0.261 e. The van der Waals surface area contributed by atoms with Crippen LogP contribution in [0.4, 0.5) is 0 Å². The summed E-state index contributed by atoms with van der Waals surface area (Å²) in [7, 11) is 0. The third kappa shape index (κ3) is 3.64. The van der Waals surface area contributed by atoms with Gasteiger partial charge < -0.3 is 5.32 Å². The van der Waals surface area contributed by atoms with Gasteiger partial charge in [-0.1, -0.05) is 11.6 Å². The van der Waals surface area contributed by atoms with Gasteiger partial charge in [-0.3, -0.25) is 4.79 Å². The molecule has 14 heavy (non-hydrogen) atoms. The first-order valence-corrected chi connectivity index (χ1v) is 5.87. The zero-order chi connectivity index (χ0) is 10.6. The van der Waals surface area contributed by atoms with Crippen LogP contribution in [0.3, 0.4) is 0 Å². The Morgan fingerprint density at radius 3 is 2.79 bits per heavy atom. The summed E-state index contributed by atoms with van der Waals surface area (Å²) in [4.78, 5) is 12.2. The van der Waals surface area contributed by atoms with E-state index in [-0.39, 0.29) is 5.91 Å². The van der Waals surface area contributed by atoms with E-state index >= 15 is 0 Å². The van der Waals surface area contributed by atoms with Crippen LogP contribution in [0.2, 0.25) is 0 Å². The molecule has 1 amide bonds. The zero-order valence-corrected chi connectivity index (χ0v) is 10.5. The van der Waals surface area contributed by atoms with Crippen molar-refractivity contribution in [3.63, 3.8) is 0 Å². The van der Waals surface area contributed by atoms with Crippen LogP contribution in [0.25, 0.3) is 0 Å². The molecule has 4 heteroatoms. The van der Waals surface area contributed by atoms with Crippen LogP contribution in [0.1, 0.15) is 23.5 Å². The standard InChI is InChI=1S/C10H12BrNOS/c1-7(2)5-6-12-10(13)8-3-4-9(11)14-8/h3-5H,6H2,1-2H3,(H,12,13). The lowest BCUT2D eigenvalue weighted by Crippen LogP contribution is -2.22. The first-order valence-electron chi connectivity index (χ1n) is 4.26. The molecule has 1 N–H and O–H groups in total. The molecule has 0 aromatic carbocycles. The van der Waals surface area contributed by atoms with Crippen LogP contribution in [0, 0.1) is 0 Å². The van der Waals surface area contributed by atoms with E-state index in [1.165, 1.54) is 16.9 Å². The predicted molar refractivity (Wildman–Crippen MR) is 63.8 cm³/mol. The minimum Gasteiger partial charge on any atom is -0.348 e. The van der Waals surface area contributed by atoms with E-state index < -0.39 is 0 Å². The molecule has 1 aromatic heterocycles. The molecule has 0 saturated carbocycles. The number of rotatable bonds is 3. The van der Waals surface area contributed by atoms with Crippen LogP contribution < -0.4 is 5.32 Å². The molecular formula is C10H12BrNOS. The van der Waals surface area contributed by atoms with Crippen molar-refractivity contribution in [3.8, 4) is 0 Å². The Morgan fingerprint density at radius 1 is 1.57 bits per heavy atom. The topological polar surface area (TPSA) is 29.1 Å². The molecule has 0 fully saturated rings. The minimum absolute atomic E-state index is 0.0156. The second-order valence-electron chi connectivity index (χ2n) is 3.10. The van der Waals surface area contributed by atoms with E-state index in [2.05, 4.69) is 21.2 Å². The molecule has 0 unspecified atom stereocenters. The summed E-state index contributed by atoms with van der Waals surface area (Å²) in [5.41, 5.74) is 1.21. The normalized spacial score (nSPS) is 9.64. The van der Waals surface area contributed by atoms with Crippen LogP contribution in [0.15, 0.2) is 27.6 Å². The summed E-state index contributed by atoms with van der Waals surface area (Å²) >= 11 is 4.76. The number of carbonyl (C=O) groups excluding carboxylic acids is 1. The molecule has 0 radical (unpaired) electrons. The van der Waals surface area contributed by atoms with E-state index in [9.17, 15) is 4.79 Å². The Hall–Kier alpha value is -0.610. The molecule has 0 aliphatic rings. The molecule has 0 saturated heterocycles. The van der Waals surface area contributed by atoms with Gasteiger partial charge in [0.25, 0.3) is 5.91 Å². The lowest BCUT2D eigenvalue weighted by Gasteiger charge is -1.99.